The summed E-state index contributed by atoms with van der Waals surface area (Å²) in [5.41, 5.74) is 2.86. The smallest absolute Gasteiger partial charge is 0.270 e. The first-order valence-electron chi connectivity index (χ1n) is 8.03. The number of nitro benzene ring substituents is 1. The normalized spacial score (nSPS) is 10.8. The number of non-ortho nitro benzene ring substituents is 1. The molecule has 2 N–H and O–H groups in total. The lowest BCUT2D eigenvalue weighted by atomic mass is 10.1. The Bertz CT molecular complexity index is 1030. The monoisotopic (exact) mass is 363 g/mol. The summed E-state index contributed by atoms with van der Waals surface area (Å²) in [5.74, 6) is -0.842. The molecule has 3 aromatic carbocycles. The van der Waals surface area contributed by atoms with E-state index < -0.39 is 16.6 Å². The third-order valence-electron chi connectivity index (χ3n) is 3.80. The summed E-state index contributed by atoms with van der Waals surface area (Å²) >= 11 is 0. The lowest BCUT2D eigenvalue weighted by Crippen LogP contribution is -2.25. The minimum Gasteiger partial charge on any atom is -0.872 e. The van der Waals surface area contributed by atoms with Crippen LogP contribution in [0.15, 0.2) is 65.8 Å². The van der Waals surface area contributed by atoms with Gasteiger partial charge in [0.2, 0.25) is 0 Å². The standard InChI is InChI=1S/C19H16N4O4/c24-18-8-7-17(23(26)27)10-15(18)11-21-22-19(25)12-20-16-6-5-13-3-1-2-4-14(13)9-16/h1-11,20,24H,12H2,(H,22,25)/p-1/b21-11-. The molecule has 27 heavy (non-hydrogen) atoms. The minimum absolute atomic E-state index is 0.0190. The van der Waals surface area contributed by atoms with Crippen LogP contribution in [0, 0.1) is 10.1 Å². The predicted molar refractivity (Wildman–Crippen MR) is 101 cm³/mol. The fourth-order valence-corrected chi connectivity index (χ4v) is 2.45. The number of carbonyl (C=O) groups excluding carboxylic acids is 1. The second-order valence-electron chi connectivity index (χ2n) is 5.69. The maximum Gasteiger partial charge on any atom is 0.270 e. The number of nitrogens with one attached hydrogen (secondary N) is 2. The van der Waals surface area contributed by atoms with Crippen LogP contribution in [0.4, 0.5) is 11.4 Å². The van der Waals surface area contributed by atoms with Crippen molar-refractivity contribution in [1.82, 2.24) is 5.43 Å². The molecule has 0 aliphatic carbocycles. The molecule has 8 nitrogen and oxygen atoms in total. The third-order valence-corrected chi connectivity index (χ3v) is 3.80. The van der Waals surface area contributed by atoms with Crippen LogP contribution in [-0.2, 0) is 4.79 Å². The van der Waals surface area contributed by atoms with E-state index >= 15 is 0 Å². The first-order chi connectivity index (χ1) is 13.0. The molecule has 0 spiro atoms. The maximum atomic E-state index is 11.9. The Balaban J connectivity index is 1.57. The zero-order chi connectivity index (χ0) is 19.2. The lowest BCUT2D eigenvalue weighted by molar-refractivity contribution is -0.385. The molecule has 3 rings (SSSR count). The highest BCUT2D eigenvalue weighted by atomic mass is 16.6. The van der Waals surface area contributed by atoms with Crippen LogP contribution < -0.4 is 15.8 Å². The van der Waals surface area contributed by atoms with E-state index in [0.29, 0.717) is 0 Å². The number of hydrogen-bond donors (Lipinski definition) is 2. The number of carbonyl (C=O) groups is 1. The maximum absolute atomic E-state index is 11.9. The molecular formula is C19H15N4O4-. The first-order valence-corrected chi connectivity index (χ1v) is 8.03. The molecule has 0 saturated heterocycles. The third kappa shape index (κ3) is 4.57. The molecule has 0 aliphatic heterocycles. The van der Waals surface area contributed by atoms with Gasteiger partial charge in [0.25, 0.3) is 11.6 Å². The number of anilines is 1. The van der Waals surface area contributed by atoms with Crippen molar-refractivity contribution in [3.8, 4) is 5.75 Å². The van der Waals surface area contributed by atoms with Gasteiger partial charge in [-0.15, -0.1) is 0 Å². The molecule has 0 saturated carbocycles. The van der Waals surface area contributed by atoms with E-state index in [-0.39, 0.29) is 17.8 Å². The van der Waals surface area contributed by atoms with Gasteiger partial charge in [-0.05, 0) is 28.5 Å². The number of nitro groups is 1. The Morgan fingerprint density at radius 3 is 2.63 bits per heavy atom. The van der Waals surface area contributed by atoms with Crippen molar-refractivity contribution in [1.29, 1.82) is 0 Å². The van der Waals surface area contributed by atoms with Crippen molar-refractivity contribution in [3.63, 3.8) is 0 Å². The Kier molecular flexibility index (Phi) is 5.27. The second kappa shape index (κ2) is 7.96. The van der Waals surface area contributed by atoms with E-state index in [4.69, 9.17) is 0 Å². The van der Waals surface area contributed by atoms with E-state index in [1.54, 1.807) is 0 Å². The minimum atomic E-state index is -0.608. The first kappa shape index (κ1) is 17.9. The molecule has 1 amide bonds. The molecule has 0 atom stereocenters. The van der Waals surface area contributed by atoms with Crippen molar-refractivity contribution in [2.45, 2.75) is 0 Å². The summed E-state index contributed by atoms with van der Waals surface area (Å²) in [5, 5.41) is 31.2. The molecule has 136 valence electrons. The zero-order valence-corrected chi connectivity index (χ0v) is 14.1. The van der Waals surface area contributed by atoms with Crippen molar-refractivity contribution in [3.05, 3.63) is 76.3 Å². The van der Waals surface area contributed by atoms with Gasteiger partial charge in [-0.25, -0.2) is 5.43 Å². The Labute approximate surface area is 154 Å². The second-order valence-corrected chi connectivity index (χ2v) is 5.69. The molecule has 8 heteroatoms. The fourth-order valence-electron chi connectivity index (χ4n) is 2.45. The summed E-state index contributed by atoms with van der Waals surface area (Å²) in [7, 11) is 0. The average Bonchev–Trinajstić information content (AvgIpc) is 2.67. The molecule has 0 fully saturated rings. The Morgan fingerprint density at radius 1 is 1.07 bits per heavy atom. The SMILES string of the molecule is O=C(CNc1ccc2ccccc2c1)N/N=C\c1cc([N+](=O)[O-])ccc1[O-]. The summed E-state index contributed by atoms with van der Waals surface area (Å²) in [6.07, 6.45) is 1.09. The van der Waals surface area contributed by atoms with Gasteiger partial charge in [0, 0.05) is 17.8 Å². The van der Waals surface area contributed by atoms with Crippen LogP contribution in [-0.4, -0.2) is 23.6 Å². The van der Waals surface area contributed by atoms with Gasteiger partial charge in [-0.2, -0.15) is 5.10 Å². The molecule has 0 aliphatic rings. The van der Waals surface area contributed by atoms with Crippen molar-refractivity contribution >= 4 is 34.3 Å². The molecule has 0 aromatic heterocycles. The highest BCUT2D eigenvalue weighted by Crippen LogP contribution is 2.19. The van der Waals surface area contributed by atoms with E-state index in [0.717, 1.165) is 40.9 Å². The Hall–Kier alpha value is -3.94. The van der Waals surface area contributed by atoms with Crippen LogP contribution in [0.5, 0.6) is 5.75 Å². The van der Waals surface area contributed by atoms with E-state index in [1.807, 2.05) is 42.5 Å². The predicted octanol–water partition coefficient (Wildman–Crippen LogP) is 2.38. The van der Waals surface area contributed by atoms with E-state index in [9.17, 15) is 20.0 Å². The number of hydrogen-bond acceptors (Lipinski definition) is 6. The van der Waals surface area contributed by atoms with Crippen molar-refractivity contribution < 1.29 is 14.8 Å². The van der Waals surface area contributed by atoms with Crippen molar-refractivity contribution in [2.75, 3.05) is 11.9 Å². The molecule has 0 bridgehead atoms. The molecule has 0 unspecified atom stereocenters. The number of rotatable bonds is 6. The van der Waals surface area contributed by atoms with Crippen molar-refractivity contribution in [2.24, 2.45) is 5.10 Å². The summed E-state index contributed by atoms with van der Waals surface area (Å²) in [6, 6.07) is 16.9. The number of amides is 1. The summed E-state index contributed by atoms with van der Waals surface area (Å²) < 4.78 is 0. The average molecular weight is 363 g/mol. The lowest BCUT2D eigenvalue weighted by Gasteiger charge is -2.09. The van der Waals surface area contributed by atoms with Gasteiger partial charge in [0.1, 0.15) is 0 Å². The van der Waals surface area contributed by atoms with Gasteiger partial charge < -0.3 is 10.4 Å². The molecule has 0 radical (unpaired) electrons. The van der Waals surface area contributed by atoms with Gasteiger partial charge in [0.15, 0.2) is 0 Å². The summed E-state index contributed by atoms with van der Waals surface area (Å²) in [6.45, 7) is -0.0190. The fraction of sp³-hybridized carbons (Fsp3) is 0.0526. The van der Waals surface area contributed by atoms with Crippen LogP contribution in [0.25, 0.3) is 10.8 Å². The largest absolute Gasteiger partial charge is 0.872 e. The number of fused-ring (bicyclic) bond motifs is 1. The Morgan fingerprint density at radius 2 is 1.85 bits per heavy atom. The topological polar surface area (TPSA) is 120 Å². The van der Waals surface area contributed by atoms with E-state index in [1.165, 1.54) is 0 Å². The van der Waals surface area contributed by atoms with Crippen LogP contribution in [0.1, 0.15) is 5.56 Å². The van der Waals surface area contributed by atoms with Crippen LogP contribution in [0.2, 0.25) is 0 Å². The van der Waals surface area contributed by atoms with Gasteiger partial charge in [0.05, 0.1) is 17.7 Å². The number of benzene rings is 3. The van der Waals surface area contributed by atoms with E-state index in [2.05, 4.69) is 15.8 Å². The van der Waals surface area contributed by atoms with Gasteiger partial charge in [-0.1, -0.05) is 42.1 Å². The van der Waals surface area contributed by atoms with Gasteiger partial charge >= 0.3 is 0 Å². The number of nitrogens with zero attached hydrogens (tertiary/aromatic N) is 2. The highest BCUT2D eigenvalue weighted by Gasteiger charge is 2.06. The molecule has 3 aromatic rings. The van der Waals surface area contributed by atoms with Gasteiger partial charge in [-0.3, -0.25) is 14.9 Å². The quantitative estimate of drug-likeness (QED) is 0.396. The number of hydrazone groups is 1. The van der Waals surface area contributed by atoms with Crippen LogP contribution in [0.3, 0.4) is 0 Å². The molecular weight excluding hydrogens is 348 g/mol. The van der Waals surface area contributed by atoms with Crippen LogP contribution >= 0.6 is 0 Å². The summed E-state index contributed by atoms with van der Waals surface area (Å²) in [4.78, 5) is 22.0. The molecule has 0 heterocycles. The zero-order valence-electron chi connectivity index (χ0n) is 14.1. The highest BCUT2D eigenvalue weighted by molar-refractivity contribution is 5.88.